The lowest BCUT2D eigenvalue weighted by Gasteiger charge is -2.11. The predicted molar refractivity (Wildman–Crippen MR) is 118 cm³/mol. The number of thioether (sulfide) groups is 2. The third-order valence-electron chi connectivity index (χ3n) is 4.30. The number of nitrogens with zero attached hydrogens (tertiary/aromatic N) is 4. The average molecular weight is 455 g/mol. The third-order valence-corrected chi connectivity index (χ3v) is 5.95. The molecule has 0 atom stereocenters. The number of ketones is 1. The molecule has 0 aliphatic carbocycles. The van der Waals surface area contributed by atoms with E-state index in [0.29, 0.717) is 38.9 Å². The Morgan fingerprint density at radius 1 is 0.968 bits per heavy atom. The maximum atomic E-state index is 12.7. The molecule has 0 spiro atoms. The van der Waals surface area contributed by atoms with E-state index in [2.05, 4.69) is 15.2 Å². The Bertz CT molecular complexity index is 1150. The lowest BCUT2D eigenvalue weighted by atomic mass is 10.2. The minimum absolute atomic E-state index is 0.0215. The first kappa shape index (κ1) is 21.2. The zero-order valence-corrected chi connectivity index (χ0v) is 17.7. The molecule has 0 amide bonds. The van der Waals surface area contributed by atoms with Crippen LogP contribution in [0.25, 0.3) is 17.1 Å². The Kier molecular flexibility index (Phi) is 6.73. The first-order chi connectivity index (χ1) is 15.1. The maximum Gasteiger partial charge on any atom is 0.288 e. The van der Waals surface area contributed by atoms with E-state index < -0.39 is 5.76 Å². The average Bonchev–Trinajstić information content (AvgIpc) is 3.23. The number of carbonyl (C=O) groups excluding carboxylic acids is 1. The molecule has 4 aromatic rings. The lowest BCUT2D eigenvalue weighted by Crippen LogP contribution is -2.05. The standard InChI is InChI=1S/C22H16F2N4OS2/c23-21(24)31-18-10-8-17(9-11-18)28-20(16-7-4-12-25-13-16)26-27-22(28)30-14-19(29)15-5-2-1-3-6-15/h1-13,21H,14H2. The number of halogens is 2. The van der Waals surface area contributed by atoms with Crippen LogP contribution >= 0.6 is 23.5 Å². The summed E-state index contributed by atoms with van der Waals surface area (Å²) >= 11 is 1.76. The molecular weight excluding hydrogens is 438 g/mol. The van der Waals surface area contributed by atoms with Crippen LogP contribution in [-0.2, 0) is 0 Å². The van der Waals surface area contributed by atoms with Crippen molar-refractivity contribution in [3.63, 3.8) is 0 Å². The number of pyridine rings is 1. The predicted octanol–water partition coefficient (Wildman–Crippen LogP) is 5.62. The number of rotatable bonds is 8. The van der Waals surface area contributed by atoms with Crippen molar-refractivity contribution in [3.8, 4) is 17.1 Å². The van der Waals surface area contributed by atoms with Gasteiger partial charge in [0.05, 0.1) is 5.75 Å². The summed E-state index contributed by atoms with van der Waals surface area (Å²) in [6, 6.07) is 19.4. The highest BCUT2D eigenvalue weighted by Gasteiger charge is 2.18. The maximum absolute atomic E-state index is 12.7. The fraction of sp³-hybridized carbons (Fsp3) is 0.0909. The Hall–Kier alpha value is -3.04. The monoisotopic (exact) mass is 454 g/mol. The fourth-order valence-corrected chi connectivity index (χ4v) is 4.24. The van der Waals surface area contributed by atoms with Crippen LogP contribution in [-0.4, -0.2) is 37.0 Å². The van der Waals surface area contributed by atoms with Gasteiger partial charge in [-0.05, 0) is 36.4 Å². The quantitative estimate of drug-likeness (QED) is 0.254. The van der Waals surface area contributed by atoms with E-state index in [4.69, 9.17) is 0 Å². The molecule has 0 radical (unpaired) electrons. The largest absolute Gasteiger partial charge is 0.293 e. The normalized spacial score (nSPS) is 11.1. The minimum Gasteiger partial charge on any atom is -0.293 e. The van der Waals surface area contributed by atoms with Crippen LogP contribution < -0.4 is 0 Å². The first-order valence-electron chi connectivity index (χ1n) is 9.24. The highest BCUT2D eigenvalue weighted by molar-refractivity contribution is 8.00. The Balaban J connectivity index is 1.66. The summed E-state index contributed by atoms with van der Waals surface area (Å²) < 4.78 is 27.1. The second-order valence-corrected chi connectivity index (χ2v) is 8.34. The zero-order chi connectivity index (χ0) is 21.6. The number of hydrogen-bond acceptors (Lipinski definition) is 6. The molecule has 0 saturated carbocycles. The van der Waals surface area contributed by atoms with E-state index >= 15 is 0 Å². The van der Waals surface area contributed by atoms with Gasteiger partial charge in [0, 0.05) is 34.1 Å². The van der Waals surface area contributed by atoms with Gasteiger partial charge in [0.2, 0.25) is 0 Å². The Morgan fingerprint density at radius 2 is 1.74 bits per heavy atom. The highest BCUT2D eigenvalue weighted by Crippen LogP contribution is 2.30. The number of hydrogen-bond donors (Lipinski definition) is 0. The van der Waals surface area contributed by atoms with Crippen molar-refractivity contribution in [1.82, 2.24) is 19.7 Å². The number of carbonyl (C=O) groups is 1. The van der Waals surface area contributed by atoms with Crippen molar-refractivity contribution >= 4 is 29.3 Å². The van der Waals surface area contributed by atoms with Gasteiger partial charge in [-0.15, -0.1) is 10.2 Å². The van der Waals surface area contributed by atoms with Crippen LogP contribution in [0.2, 0.25) is 0 Å². The molecule has 156 valence electrons. The van der Waals surface area contributed by atoms with Gasteiger partial charge >= 0.3 is 0 Å². The van der Waals surface area contributed by atoms with E-state index in [1.165, 1.54) is 11.8 Å². The van der Waals surface area contributed by atoms with Crippen molar-refractivity contribution in [2.24, 2.45) is 0 Å². The summed E-state index contributed by atoms with van der Waals surface area (Å²) in [7, 11) is 0. The molecule has 0 N–H and O–H groups in total. The van der Waals surface area contributed by atoms with Gasteiger partial charge in [0.1, 0.15) is 0 Å². The molecule has 2 aromatic carbocycles. The Labute approximate surface area is 185 Å². The Morgan fingerprint density at radius 3 is 2.42 bits per heavy atom. The molecule has 0 aliphatic rings. The third kappa shape index (κ3) is 5.18. The van der Waals surface area contributed by atoms with Crippen LogP contribution in [0.1, 0.15) is 10.4 Å². The number of aromatic nitrogens is 4. The van der Waals surface area contributed by atoms with Crippen molar-refractivity contribution in [1.29, 1.82) is 0 Å². The number of alkyl halides is 2. The van der Waals surface area contributed by atoms with Crippen molar-refractivity contribution in [2.45, 2.75) is 15.8 Å². The van der Waals surface area contributed by atoms with Crippen LogP contribution in [0.3, 0.4) is 0 Å². The van der Waals surface area contributed by atoms with Crippen LogP contribution in [0, 0.1) is 0 Å². The molecule has 5 nitrogen and oxygen atoms in total. The molecule has 2 aromatic heterocycles. The van der Waals surface area contributed by atoms with E-state index in [0.717, 1.165) is 5.56 Å². The summed E-state index contributed by atoms with van der Waals surface area (Å²) in [5.74, 6) is -1.76. The summed E-state index contributed by atoms with van der Waals surface area (Å²) in [5.41, 5.74) is 2.08. The van der Waals surface area contributed by atoms with Crippen molar-refractivity contribution in [3.05, 3.63) is 84.7 Å². The molecule has 0 fully saturated rings. The van der Waals surface area contributed by atoms with Gasteiger partial charge in [0.15, 0.2) is 16.8 Å². The van der Waals surface area contributed by atoms with Crippen LogP contribution in [0.5, 0.6) is 0 Å². The van der Waals surface area contributed by atoms with E-state index in [1.54, 1.807) is 59.4 Å². The second-order valence-electron chi connectivity index (χ2n) is 6.33. The SMILES string of the molecule is O=C(CSc1nnc(-c2cccnc2)n1-c1ccc(SC(F)F)cc1)c1ccccc1. The number of Topliss-reactive ketones (excluding diaryl/α,β-unsaturated/α-hetero) is 1. The molecule has 4 rings (SSSR count). The lowest BCUT2D eigenvalue weighted by molar-refractivity contribution is 0.102. The summed E-state index contributed by atoms with van der Waals surface area (Å²) in [5, 5.41) is 9.10. The van der Waals surface area contributed by atoms with E-state index in [-0.39, 0.29) is 11.5 Å². The van der Waals surface area contributed by atoms with Crippen molar-refractivity contribution < 1.29 is 13.6 Å². The van der Waals surface area contributed by atoms with Gasteiger partial charge in [0.25, 0.3) is 5.76 Å². The van der Waals surface area contributed by atoms with Crippen LogP contribution in [0.4, 0.5) is 8.78 Å². The van der Waals surface area contributed by atoms with E-state index in [9.17, 15) is 13.6 Å². The second kappa shape index (κ2) is 9.84. The van der Waals surface area contributed by atoms with Crippen LogP contribution in [0.15, 0.2) is 89.2 Å². The molecular formula is C22H16F2N4OS2. The zero-order valence-electron chi connectivity index (χ0n) is 16.1. The van der Waals surface area contributed by atoms with E-state index in [1.807, 2.05) is 24.3 Å². The molecule has 9 heteroatoms. The van der Waals surface area contributed by atoms with Gasteiger partial charge in [-0.2, -0.15) is 8.78 Å². The summed E-state index contributed by atoms with van der Waals surface area (Å²) in [4.78, 5) is 17.1. The molecule has 2 heterocycles. The number of benzene rings is 2. The van der Waals surface area contributed by atoms with Gasteiger partial charge in [-0.1, -0.05) is 53.9 Å². The minimum atomic E-state index is -2.48. The molecule has 31 heavy (non-hydrogen) atoms. The van der Waals surface area contributed by atoms with Gasteiger partial charge in [-0.25, -0.2) is 0 Å². The van der Waals surface area contributed by atoms with Crippen molar-refractivity contribution in [2.75, 3.05) is 5.75 Å². The molecule has 0 saturated heterocycles. The molecule has 0 bridgehead atoms. The highest BCUT2D eigenvalue weighted by atomic mass is 32.2. The molecule has 0 aliphatic heterocycles. The molecule has 0 unspecified atom stereocenters. The van der Waals surface area contributed by atoms with Gasteiger partial charge in [-0.3, -0.25) is 14.3 Å². The topological polar surface area (TPSA) is 60.7 Å². The summed E-state index contributed by atoms with van der Waals surface area (Å²) in [6.45, 7) is 0. The summed E-state index contributed by atoms with van der Waals surface area (Å²) in [6.07, 6.45) is 3.33. The fourth-order valence-electron chi connectivity index (χ4n) is 2.89. The smallest absolute Gasteiger partial charge is 0.288 e. The van der Waals surface area contributed by atoms with Gasteiger partial charge < -0.3 is 0 Å². The first-order valence-corrected chi connectivity index (χ1v) is 11.1.